The van der Waals surface area contributed by atoms with Gasteiger partial charge in [0.05, 0.1) is 26.9 Å². The van der Waals surface area contributed by atoms with Crippen LogP contribution in [0.25, 0.3) is 11.1 Å². The van der Waals surface area contributed by atoms with Crippen molar-refractivity contribution in [2.75, 3.05) is 40.7 Å². The van der Waals surface area contributed by atoms with E-state index in [9.17, 15) is 5.26 Å². The van der Waals surface area contributed by atoms with Gasteiger partial charge in [-0.25, -0.2) is 4.98 Å². The van der Waals surface area contributed by atoms with Crippen LogP contribution in [0.15, 0.2) is 17.2 Å². The molecule has 2 heterocycles. The van der Waals surface area contributed by atoms with Crippen molar-refractivity contribution in [1.82, 2.24) is 9.88 Å². The van der Waals surface area contributed by atoms with Gasteiger partial charge in [0.15, 0.2) is 11.5 Å². The second-order valence-electron chi connectivity index (χ2n) is 6.53. The first kappa shape index (κ1) is 20.3. The predicted molar refractivity (Wildman–Crippen MR) is 110 cm³/mol. The number of nitrogens with zero attached hydrogens (tertiary/aromatic N) is 3. The summed E-state index contributed by atoms with van der Waals surface area (Å²) in [7, 11) is 6.90. The number of rotatable bonds is 6. The van der Waals surface area contributed by atoms with Gasteiger partial charge in [-0.1, -0.05) is 6.92 Å². The van der Waals surface area contributed by atoms with Crippen molar-refractivity contribution in [2.24, 2.45) is 0 Å². The fraction of sp³-hybridized carbons (Fsp3) is 0.429. The fourth-order valence-corrected chi connectivity index (χ4v) is 4.28. The van der Waals surface area contributed by atoms with Crippen molar-refractivity contribution in [3.05, 3.63) is 29.0 Å². The summed E-state index contributed by atoms with van der Waals surface area (Å²) in [5.74, 6) is 2.68. The van der Waals surface area contributed by atoms with Crippen molar-refractivity contribution in [1.29, 1.82) is 5.26 Å². The summed E-state index contributed by atoms with van der Waals surface area (Å²) in [4.78, 5) is 7.09. The maximum absolute atomic E-state index is 10.0. The number of fused-ring (bicyclic) bond motifs is 1. The lowest BCUT2D eigenvalue weighted by molar-refractivity contribution is 0.309. The molecule has 0 amide bonds. The van der Waals surface area contributed by atoms with E-state index in [0.717, 1.165) is 52.7 Å². The largest absolute Gasteiger partial charge is 0.496 e. The number of methoxy groups -OCH3 is 3. The number of nitriles is 1. The van der Waals surface area contributed by atoms with E-state index in [1.165, 1.54) is 0 Å². The molecule has 2 aromatic rings. The van der Waals surface area contributed by atoms with Gasteiger partial charge in [-0.2, -0.15) is 5.26 Å². The molecule has 148 valence electrons. The molecule has 7 heteroatoms. The molecule has 1 aliphatic heterocycles. The minimum absolute atomic E-state index is 0.588. The van der Waals surface area contributed by atoms with Gasteiger partial charge in [0.1, 0.15) is 16.8 Å². The SMILES string of the molecule is CCSc1nc2c(c(-c3cc(OC)c(OC)cc3OC)c1C#N)CN(C)CC2. The first-order chi connectivity index (χ1) is 13.6. The highest BCUT2D eigenvalue weighted by molar-refractivity contribution is 7.99. The van der Waals surface area contributed by atoms with Gasteiger partial charge in [0.2, 0.25) is 0 Å². The van der Waals surface area contributed by atoms with Crippen LogP contribution in [0.2, 0.25) is 0 Å². The number of hydrogen-bond acceptors (Lipinski definition) is 7. The van der Waals surface area contributed by atoms with Gasteiger partial charge in [-0.15, -0.1) is 11.8 Å². The van der Waals surface area contributed by atoms with Crippen molar-refractivity contribution >= 4 is 11.8 Å². The molecule has 0 bridgehead atoms. The minimum Gasteiger partial charge on any atom is -0.496 e. The first-order valence-electron chi connectivity index (χ1n) is 9.15. The summed E-state index contributed by atoms with van der Waals surface area (Å²) >= 11 is 1.60. The molecule has 0 atom stereocenters. The quantitative estimate of drug-likeness (QED) is 0.685. The van der Waals surface area contributed by atoms with E-state index in [4.69, 9.17) is 19.2 Å². The molecule has 0 radical (unpaired) electrons. The van der Waals surface area contributed by atoms with Gasteiger partial charge in [0.25, 0.3) is 0 Å². The van der Waals surface area contributed by atoms with Crippen molar-refractivity contribution in [2.45, 2.75) is 24.9 Å². The fourth-order valence-electron chi connectivity index (χ4n) is 3.54. The number of pyridine rings is 1. The molecule has 1 aromatic carbocycles. The molecule has 0 saturated heterocycles. The van der Waals surface area contributed by atoms with Crippen molar-refractivity contribution in [3.8, 4) is 34.4 Å². The standard InChI is InChI=1S/C21H25N3O3S/c1-6-28-21-14(11-22)20(15-12-24(2)8-7-16(15)23-21)13-9-18(26-4)19(27-5)10-17(13)25-3/h9-10H,6-8,12H2,1-5H3. The van der Waals surface area contributed by atoms with Crippen LogP contribution in [-0.4, -0.2) is 50.6 Å². The third-order valence-electron chi connectivity index (χ3n) is 4.88. The van der Waals surface area contributed by atoms with Gasteiger partial charge in [-0.05, 0) is 24.4 Å². The number of aromatic nitrogens is 1. The van der Waals surface area contributed by atoms with Gasteiger partial charge in [0, 0.05) is 42.4 Å². The molecule has 0 aliphatic carbocycles. The number of likely N-dealkylation sites (N-methyl/N-ethyl adjacent to an activating group) is 1. The van der Waals surface area contributed by atoms with E-state index in [0.29, 0.717) is 22.8 Å². The molecule has 0 fully saturated rings. The Morgan fingerprint density at radius 3 is 2.43 bits per heavy atom. The Bertz CT molecular complexity index is 924. The molecule has 0 unspecified atom stereocenters. The van der Waals surface area contributed by atoms with Gasteiger partial charge in [-0.3, -0.25) is 0 Å². The van der Waals surface area contributed by atoms with Crippen LogP contribution in [0.3, 0.4) is 0 Å². The maximum atomic E-state index is 10.0. The molecule has 0 saturated carbocycles. The molecule has 0 spiro atoms. The van der Waals surface area contributed by atoms with E-state index < -0.39 is 0 Å². The number of ether oxygens (including phenoxy) is 3. The van der Waals surface area contributed by atoms with E-state index in [1.54, 1.807) is 39.2 Å². The summed E-state index contributed by atoms with van der Waals surface area (Å²) in [5.41, 5.74) is 4.43. The Hall–Kier alpha value is -2.43. The highest BCUT2D eigenvalue weighted by atomic mass is 32.2. The Morgan fingerprint density at radius 2 is 1.82 bits per heavy atom. The zero-order valence-electron chi connectivity index (χ0n) is 17.0. The highest BCUT2D eigenvalue weighted by Gasteiger charge is 2.27. The van der Waals surface area contributed by atoms with Crippen LogP contribution in [0.1, 0.15) is 23.7 Å². The third-order valence-corrected chi connectivity index (χ3v) is 5.73. The molecule has 6 nitrogen and oxygen atoms in total. The monoisotopic (exact) mass is 399 g/mol. The third kappa shape index (κ3) is 3.62. The smallest absolute Gasteiger partial charge is 0.164 e. The average Bonchev–Trinajstić information content (AvgIpc) is 2.72. The molecule has 28 heavy (non-hydrogen) atoms. The lowest BCUT2D eigenvalue weighted by atomic mass is 9.91. The Morgan fingerprint density at radius 1 is 1.14 bits per heavy atom. The van der Waals surface area contributed by atoms with Crippen molar-refractivity contribution in [3.63, 3.8) is 0 Å². The van der Waals surface area contributed by atoms with E-state index in [-0.39, 0.29) is 0 Å². The summed E-state index contributed by atoms with van der Waals surface area (Å²) in [6.45, 7) is 3.75. The lowest BCUT2D eigenvalue weighted by Gasteiger charge is -2.28. The Kier molecular flexibility index (Phi) is 6.32. The lowest BCUT2D eigenvalue weighted by Crippen LogP contribution is -2.28. The zero-order chi connectivity index (χ0) is 20.3. The summed E-state index contributed by atoms with van der Waals surface area (Å²) in [5, 5.41) is 10.8. The van der Waals surface area contributed by atoms with E-state index in [2.05, 4.69) is 24.9 Å². The van der Waals surface area contributed by atoms with Crippen LogP contribution < -0.4 is 14.2 Å². The summed E-state index contributed by atoms with van der Waals surface area (Å²) in [6, 6.07) is 6.10. The molecular formula is C21H25N3O3S. The van der Waals surface area contributed by atoms with Crippen LogP contribution >= 0.6 is 11.8 Å². The molecule has 1 aliphatic rings. The Labute approximate surface area is 170 Å². The van der Waals surface area contributed by atoms with E-state index >= 15 is 0 Å². The Balaban J connectivity index is 2.37. The van der Waals surface area contributed by atoms with Crippen LogP contribution in [0.5, 0.6) is 17.2 Å². The minimum atomic E-state index is 0.588. The summed E-state index contributed by atoms with van der Waals surface area (Å²) < 4.78 is 16.6. The topological polar surface area (TPSA) is 67.6 Å². The van der Waals surface area contributed by atoms with E-state index in [1.807, 2.05) is 6.07 Å². The molecule has 3 rings (SSSR count). The molecule has 1 aromatic heterocycles. The normalized spacial score (nSPS) is 13.6. The zero-order valence-corrected chi connectivity index (χ0v) is 17.8. The molecular weight excluding hydrogens is 374 g/mol. The van der Waals surface area contributed by atoms with Gasteiger partial charge >= 0.3 is 0 Å². The number of hydrogen-bond donors (Lipinski definition) is 0. The second-order valence-corrected chi connectivity index (χ2v) is 7.79. The maximum Gasteiger partial charge on any atom is 0.164 e. The second kappa shape index (κ2) is 8.72. The predicted octanol–water partition coefficient (Wildman–Crippen LogP) is 3.75. The van der Waals surface area contributed by atoms with Gasteiger partial charge < -0.3 is 19.1 Å². The van der Waals surface area contributed by atoms with Crippen LogP contribution in [0, 0.1) is 11.3 Å². The van der Waals surface area contributed by atoms with Crippen LogP contribution in [-0.2, 0) is 13.0 Å². The average molecular weight is 400 g/mol. The number of thioether (sulfide) groups is 1. The van der Waals surface area contributed by atoms with Crippen molar-refractivity contribution < 1.29 is 14.2 Å². The molecule has 0 N–H and O–H groups in total. The number of benzene rings is 1. The van der Waals surface area contributed by atoms with Crippen LogP contribution in [0.4, 0.5) is 0 Å². The first-order valence-corrected chi connectivity index (χ1v) is 10.1. The highest BCUT2D eigenvalue weighted by Crippen LogP contribution is 2.45. The summed E-state index contributed by atoms with van der Waals surface area (Å²) in [6.07, 6.45) is 0.859.